The number of anilines is 1. The molecule has 0 spiro atoms. The van der Waals surface area contributed by atoms with Crippen molar-refractivity contribution in [3.05, 3.63) is 54.2 Å². The lowest BCUT2D eigenvalue weighted by Crippen LogP contribution is -2.36. The Morgan fingerprint density at radius 1 is 1.14 bits per heavy atom. The number of esters is 1. The second-order valence-corrected chi connectivity index (χ2v) is 6.55. The average molecular weight is 382 g/mol. The summed E-state index contributed by atoms with van der Waals surface area (Å²) in [4.78, 5) is 33.2. The molecule has 0 fully saturated rings. The number of methoxy groups -OCH3 is 1. The quantitative estimate of drug-likeness (QED) is 0.605. The molecule has 28 heavy (non-hydrogen) atoms. The number of carbonyl (C=O) groups is 2. The third kappa shape index (κ3) is 4.28. The van der Waals surface area contributed by atoms with Crippen LogP contribution in [0.15, 0.2) is 47.1 Å². The largest absolute Gasteiger partial charge is 0.467 e. The number of para-hydroxylation sites is 1. The van der Waals surface area contributed by atoms with Gasteiger partial charge in [0, 0.05) is 5.39 Å². The molecule has 0 aliphatic carbocycles. The van der Waals surface area contributed by atoms with Gasteiger partial charge < -0.3 is 19.8 Å². The zero-order valence-electron chi connectivity index (χ0n) is 15.9. The van der Waals surface area contributed by atoms with Gasteiger partial charge in [-0.3, -0.25) is 4.79 Å². The molecule has 0 saturated carbocycles. The van der Waals surface area contributed by atoms with Gasteiger partial charge >= 0.3 is 5.97 Å². The number of fused-ring (bicyclic) bond motifs is 1. The first kappa shape index (κ1) is 19.3. The minimum absolute atomic E-state index is 0.0108. The molecule has 2 heterocycles. The number of hydrogen-bond donors (Lipinski definition) is 2. The van der Waals surface area contributed by atoms with Crippen molar-refractivity contribution < 1.29 is 18.7 Å². The van der Waals surface area contributed by atoms with E-state index in [0.29, 0.717) is 17.2 Å². The Morgan fingerprint density at radius 3 is 2.61 bits per heavy atom. The van der Waals surface area contributed by atoms with Gasteiger partial charge in [0.1, 0.15) is 11.9 Å². The number of nitrogens with zero attached hydrogens (tertiary/aromatic N) is 2. The lowest BCUT2D eigenvalue weighted by atomic mass is 10.0. The van der Waals surface area contributed by atoms with Crippen molar-refractivity contribution >= 4 is 28.6 Å². The first-order valence-corrected chi connectivity index (χ1v) is 8.91. The fraction of sp³-hybridized carbons (Fsp3) is 0.300. The van der Waals surface area contributed by atoms with E-state index in [-0.39, 0.29) is 30.1 Å². The molecule has 1 amide bonds. The van der Waals surface area contributed by atoms with Crippen LogP contribution in [0.4, 0.5) is 5.82 Å². The number of carbonyl (C=O) groups excluding carboxylic acids is 2. The summed E-state index contributed by atoms with van der Waals surface area (Å²) in [6.45, 7) is 3.95. The Balaban J connectivity index is 1.88. The Kier molecular flexibility index (Phi) is 5.88. The van der Waals surface area contributed by atoms with E-state index in [4.69, 9.17) is 9.15 Å². The maximum atomic E-state index is 12.1. The first-order valence-electron chi connectivity index (χ1n) is 8.91. The number of nitrogens with one attached hydrogen (secondary N) is 2. The van der Waals surface area contributed by atoms with Gasteiger partial charge in [0.15, 0.2) is 11.6 Å². The summed E-state index contributed by atoms with van der Waals surface area (Å²) in [5, 5.41) is 6.67. The van der Waals surface area contributed by atoms with Crippen molar-refractivity contribution in [2.24, 2.45) is 5.92 Å². The van der Waals surface area contributed by atoms with E-state index in [1.807, 2.05) is 38.1 Å². The van der Waals surface area contributed by atoms with Crippen LogP contribution in [-0.2, 0) is 16.1 Å². The second kappa shape index (κ2) is 8.51. The maximum Gasteiger partial charge on any atom is 0.328 e. The minimum atomic E-state index is -0.561. The molecule has 1 atom stereocenters. The van der Waals surface area contributed by atoms with Crippen LogP contribution in [0.2, 0.25) is 0 Å². The molecule has 3 rings (SSSR count). The summed E-state index contributed by atoms with van der Waals surface area (Å²) < 4.78 is 9.97. The number of benzene rings is 1. The normalized spacial score (nSPS) is 12.0. The van der Waals surface area contributed by atoms with E-state index >= 15 is 0 Å². The molecule has 146 valence electrons. The fourth-order valence-electron chi connectivity index (χ4n) is 2.74. The molecular formula is C20H22N4O4. The van der Waals surface area contributed by atoms with Crippen molar-refractivity contribution in [2.45, 2.75) is 26.4 Å². The van der Waals surface area contributed by atoms with Crippen molar-refractivity contribution in [3.8, 4) is 0 Å². The van der Waals surface area contributed by atoms with Crippen LogP contribution in [-0.4, -0.2) is 35.0 Å². The minimum Gasteiger partial charge on any atom is -0.467 e. The molecule has 3 aromatic rings. The van der Waals surface area contributed by atoms with Crippen molar-refractivity contribution in [1.29, 1.82) is 0 Å². The summed E-state index contributed by atoms with van der Waals surface area (Å²) in [5.41, 5.74) is 0.703. The Labute approximate surface area is 162 Å². The van der Waals surface area contributed by atoms with Crippen LogP contribution in [0.1, 0.15) is 30.2 Å². The van der Waals surface area contributed by atoms with E-state index in [1.54, 1.807) is 12.1 Å². The highest BCUT2D eigenvalue weighted by Gasteiger charge is 2.24. The van der Waals surface area contributed by atoms with Crippen LogP contribution in [0, 0.1) is 5.92 Å². The highest BCUT2D eigenvalue weighted by molar-refractivity contribution is 5.92. The molecule has 0 bridgehead atoms. The summed E-state index contributed by atoms with van der Waals surface area (Å²) >= 11 is 0. The van der Waals surface area contributed by atoms with Crippen LogP contribution in [0.5, 0.6) is 0 Å². The fourth-order valence-corrected chi connectivity index (χ4v) is 2.74. The van der Waals surface area contributed by atoms with Crippen LogP contribution in [0.25, 0.3) is 10.9 Å². The number of hydrogen-bond acceptors (Lipinski definition) is 7. The molecule has 1 aromatic carbocycles. The standard InChI is InChI=1S/C20H22N4O4/c1-12(2)17(20(26)27-3)24-18-13-7-4-5-8-14(13)22-16(23-18)11-21-19(25)15-9-6-10-28-15/h4-10,12,17H,11H2,1-3H3,(H,21,25)(H,22,23,24)/t17-/m0/s1. The van der Waals surface area contributed by atoms with E-state index in [0.717, 1.165) is 5.39 Å². The number of ether oxygens (including phenoxy) is 1. The molecular weight excluding hydrogens is 360 g/mol. The zero-order valence-corrected chi connectivity index (χ0v) is 15.9. The van der Waals surface area contributed by atoms with Gasteiger partial charge in [-0.1, -0.05) is 26.0 Å². The summed E-state index contributed by atoms with van der Waals surface area (Å²) in [5.74, 6) is 0.398. The molecule has 8 nitrogen and oxygen atoms in total. The maximum absolute atomic E-state index is 12.1. The third-order valence-electron chi connectivity index (χ3n) is 4.22. The summed E-state index contributed by atoms with van der Waals surface area (Å²) in [6.07, 6.45) is 1.43. The van der Waals surface area contributed by atoms with E-state index in [2.05, 4.69) is 20.6 Å². The molecule has 8 heteroatoms. The molecule has 0 aliphatic heterocycles. The monoisotopic (exact) mass is 382 g/mol. The molecule has 2 aromatic heterocycles. The van der Waals surface area contributed by atoms with E-state index in [9.17, 15) is 9.59 Å². The number of rotatable bonds is 7. The number of furan rings is 1. The molecule has 0 radical (unpaired) electrons. The van der Waals surface area contributed by atoms with Crippen LogP contribution >= 0.6 is 0 Å². The topological polar surface area (TPSA) is 106 Å². The van der Waals surface area contributed by atoms with Crippen LogP contribution in [0.3, 0.4) is 0 Å². The van der Waals surface area contributed by atoms with Crippen molar-refractivity contribution in [2.75, 3.05) is 12.4 Å². The summed E-state index contributed by atoms with van der Waals surface area (Å²) in [7, 11) is 1.35. The second-order valence-electron chi connectivity index (χ2n) is 6.55. The van der Waals surface area contributed by atoms with Crippen molar-refractivity contribution in [3.63, 3.8) is 0 Å². The lowest BCUT2D eigenvalue weighted by Gasteiger charge is -2.21. The predicted octanol–water partition coefficient (Wildman–Crippen LogP) is 2.76. The van der Waals surface area contributed by atoms with E-state index in [1.165, 1.54) is 13.4 Å². The van der Waals surface area contributed by atoms with Gasteiger partial charge in [0.05, 0.1) is 25.4 Å². The van der Waals surface area contributed by atoms with Gasteiger partial charge in [-0.15, -0.1) is 0 Å². The zero-order chi connectivity index (χ0) is 20.1. The molecule has 0 saturated heterocycles. The molecule has 0 aliphatic rings. The Hall–Kier alpha value is -3.42. The van der Waals surface area contributed by atoms with Crippen molar-refractivity contribution in [1.82, 2.24) is 15.3 Å². The summed E-state index contributed by atoms with van der Waals surface area (Å²) in [6, 6.07) is 10.1. The predicted molar refractivity (Wildman–Crippen MR) is 104 cm³/mol. The third-order valence-corrected chi connectivity index (χ3v) is 4.22. The van der Waals surface area contributed by atoms with Gasteiger partial charge in [-0.05, 0) is 30.2 Å². The number of amides is 1. The van der Waals surface area contributed by atoms with Gasteiger partial charge in [0.25, 0.3) is 5.91 Å². The van der Waals surface area contributed by atoms with E-state index < -0.39 is 6.04 Å². The molecule has 0 unspecified atom stereocenters. The van der Waals surface area contributed by atoms with Crippen LogP contribution < -0.4 is 10.6 Å². The highest BCUT2D eigenvalue weighted by Crippen LogP contribution is 2.22. The van der Waals surface area contributed by atoms with Gasteiger partial charge in [0.2, 0.25) is 0 Å². The number of aromatic nitrogens is 2. The molecule has 2 N–H and O–H groups in total. The Bertz CT molecular complexity index is 970. The lowest BCUT2D eigenvalue weighted by molar-refractivity contribution is -0.142. The van der Waals surface area contributed by atoms with Gasteiger partial charge in [-0.25, -0.2) is 14.8 Å². The Morgan fingerprint density at radius 2 is 1.93 bits per heavy atom. The smallest absolute Gasteiger partial charge is 0.328 e. The average Bonchev–Trinajstić information content (AvgIpc) is 3.24. The SMILES string of the molecule is COC(=O)[C@@H](Nc1nc(CNC(=O)c2ccco2)nc2ccccc12)C(C)C. The first-order chi connectivity index (χ1) is 13.5. The highest BCUT2D eigenvalue weighted by atomic mass is 16.5. The van der Waals surface area contributed by atoms with Gasteiger partial charge in [-0.2, -0.15) is 0 Å².